The van der Waals surface area contributed by atoms with E-state index in [9.17, 15) is 0 Å². The Labute approximate surface area is 129 Å². The average Bonchev–Trinajstić information content (AvgIpc) is 2.43. The van der Waals surface area contributed by atoms with Crippen molar-refractivity contribution in [3.05, 3.63) is 23.8 Å². The second-order valence-electron chi connectivity index (χ2n) is 6.02. The lowest BCUT2D eigenvalue weighted by molar-refractivity contribution is 0.268. The van der Waals surface area contributed by atoms with E-state index >= 15 is 0 Å². The Morgan fingerprint density at radius 2 is 1.95 bits per heavy atom. The molecule has 0 saturated heterocycles. The fourth-order valence-electron chi connectivity index (χ4n) is 2.01. The van der Waals surface area contributed by atoms with Crippen molar-refractivity contribution in [1.29, 1.82) is 0 Å². The molecule has 0 heterocycles. The molecule has 0 aromatic heterocycles. The summed E-state index contributed by atoms with van der Waals surface area (Å²) in [5.74, 6) is 2.29. The minimum atomic E-state index is 0.657. The first-order valence-electron chi connectivity index (χ1n) is 7.68. The van der Waals surface area contributed by atoms with Crippen LogP contribution in [-0.4, -0.2) is 45.8 Å². The summed E-state index contributed by atoms with van der Waals surface area (Å²) in [6.07, 6.45) is 1.01. The molecule has 0 radical (unpaired) electrons. The SMILES string of the molecule is COc1ccc(CNCC(C)C)cc1OCCCN(C)C. The van der Waals surface area contributed by atoms with Gasteiger partial charge in [0.2, 0.25) is 0 Å². The van der Waals surface area contributed by atoms with Crippen molar-refractivity contribution < 1.29 is 9.47 Å². The highest BCUT2D eigenvalue weighted by Gasteiger charge is 2.06. The Bertz CT molecular complexity index is 406. The summed E-state index contributed by atoms with van der Waals surface area (Å²) >= 11 is 0. The predicted molar refractivity (Wildman–Crippen MR) is 88.2 cm³/mol. The molecular formula is C17H30N2O2. The van der Waals surface area contributed by atoms with Gasteiger partial charge in [0.25, 0.3) is 0 Å². The predicted octanol–water partition coefficient (Wildman–Crippen LogP) is 2.77. The first kappa shape index (κ1) is 17.8. The van der Waals surface area contributed by atoms with Gasteiger partial charge in [-0.1, -0.05) is 19.9 Å². The van der Waals surface area contributed by atoms with E-state index in [4.69, 9.17) is 9.47 Å². The molecule has 0 aliphatic carbocycles. The molecule has 120 valence electrons. The highest BCUT2D eigenvalue weighted by atomic mass is 16.5. The van der Waals surface area contributed by atoms with Crippen molar-refractivity contribution in [2.45, 2.75) is 26.8 Å². The van der Waals surface area contributed by atoms with Crippen LogP contribution >= 0.6 is 0 Å². The van der Waals surface area contributed by atoms with E-state index in [2.05, 4.69) is 50.3 Å². The number of hydrogen-bond donors (Lipinski definition) is 1. The standard InChI is InChI=1S/C17H30N2O2/c1-14(2)12-18-13-15-7-8-16(20-5)17(11-15)21-10-6-9-19(3)4/h7-8,11,14,18H,6,9-10,12-13H2,1-5H3. The summed E-state index contributed by atoms with van der Waals surface area (Å²) in [6.45, 7) is 8.03. The zero-order valence-corrected chi connectivity index (χ0v) is 14.1. The summed E-state index contributed by atoms with van der Waals surface area (Å²) in [5.41, 5.74) is 1.22. The second-order valence-corrected chi connectivity index (χ2v) is 6.02. The number of rotatable bonds is 10. The van der Waals surface area contributed by atoms with Gasteiger partial charge < -0.3 is 19.7 Å². The van der Waals surface area contributed by atoms with Crippen LogP contribution < -0.4 is 14.8 Å². The number of methoxy groups -OCH3 is 1. The van der Waals surface area contributed by atoms with E-state index in [0.29, 0.717) is 12.5 Å². The zero-order valence-electron chi connectivity index (χ0n) is 14.1. The molecule has 21 heavy (non-hydrogen) atoms. The summed E-state index contributed by atoms with van der Waals surface area (Å²) in [6, 6.07) is 6.13. The van der Waals surface area contributed by atoms with Crippen LogP contribution in [0.1, 0.15) is 25.8 Å². The Kier molecular flexibility index (Phi) is 8.16. The molecule has 1 aromatic rings. The van der Waals surface area contributed by atoms with Gasteiger partial charge in [-0.25, -0.2) is 0 Å². The lowest BCUT2D eigenvalue weighted by Crippen LogP contribution is -2.19. The van der Waals surface area contributed by atoms with E-state index in [1.807, 2.05) is 6.07 Å². The highest BCUT2D eigenvalue weighted by Crippen LogP contribution is 2.28. The van der Waals surface area contributed by atoms with Crippen molar-refractivity contribution in [2.75, 3.05) is 40.9 Å². The zero-order chi connectivity index (χ0) is 15.7. The van der Waals surface area contributed by atoms with E-state index in [1.54, 1.807) is 7.11 Å². The molecule has 4 heteroatoms. The smallest absolute Gasteiger partial charge is 0.161 e. The summed E-state index contributed by atoms with van der Waals surface area (Å²) in [5, 5.41) is 3.44. The molecule has 0 atom stereocenters. The molecule has 4 nitrogen and oxygen atoms in total. The summed E-state index contributed by atoms with van der Waals surface area (Å²) < 4.78 is 11.2. The van der Waals surface area contributed by atoms with Gasteiger partial charge in [0.1, 0.15) is 0 Å². The Balaban J connectivity index is 2.54. The van der Waals surface area contributed by atoms with E-state index in [0.717, 1.165) is 37.6 Å². The molecule has 0 unspecified atom stereocenters. The fourth-order valence-corrected chi connectivity index (χ4v) is 2.01. The largest absolute Gasteiger partial charge is 0.493 e. The maximum absolute atomic E-state index is 5.87. The molecule has 1 rings (SSSR count). The fraction of sp³-hybridized carbons (Fsp3) is 0.647. The maximum atomic E-state index is 5.87. The van der Waals surface area contributed by atoms with Crippen molar-refractivity contribution >= 4 is 0 Å². The molecule has 0 amide bonds. The quantitative estimate of drug-likeness (QED) is 0.673. The van der Waals surface area contributed by atoms with Crippen LogP contribution in [0.4, 0.5) is 0 Å². The van der Waals surface area contributed by atoms with E-state index in [-0.39, 0.29) is 0 Å². The van der Waals surface area contributed by atoms with Gasteiger partial charge >= 0.3 is 0 Å². The van der Waals surface area contributed by atoms with Crippen LogP contribution in [0.25, 0.3) is 0 Å². The maximum Gasteiger partial charge on any atom is 0.161 e. The minimum absolute atomic E-state index is 0.657. The first-order chi connectivity index (χ1) is 10.0. The van der Waals surface area contributed by atoms with Gasteiger partial charge in [-0.15, -0.1) is 0 Å². The van der Waals surface area contributed by atoms with Crippen LogP contribution in [0.15, 0.2) is 18.2 Å². The van der Waals surface area contributed by atoms with Gasteiger partial charge in [-0.2, -0.15) is 0 Å². The van der Waals surface area contributed by atoms with Crippen LogP contribution in [0.5, 0.6) is 11.5 Å². The molecule has 0 aliphatic rings. The molecule has 1 aromatic carbocycles. The molecule has 1 N–H and O–H groups in total. The number of hydrogen-bond acceptors (Lipinski definition) is 4. The van der Waals surface area contributed by atoms with Gasteiger partial charge in [0.05, 0.1) is 13.7 Å². The monoisotopic (exact) mass is 294 g/mol. The molecule has 0 fully saturated rings. The van der Waals surface area contributed by atoms with Crippen LogP contribution in [0.2, 0.25) is 0 Å². The molecule has 0 spiro atoms. The highest BCUT2D eigenvalue weighted by molar-refractivity contribution is 5.42. The molecule has 0 saturated carbocycles. The van der Waals surface area contributed by atoms with Gasteiger partial charge in [0, 0.05) is 13.1 Å². The van der Waals surface area contributed by atoms with Crippen molar-refractivity contribution in [2.24, 2.45) is 5.92 Å². The van der Waals surface area contributed by atoms with Crippen molar-refractivity contribution in [3.8, 4) is 11.5 Å². The summed E-state index contributed by atoms with van der Waals surface area (Å²) in [4.78, 5) is 2.16. The molecule has 0 aliphatic heterocycles. The van der Waals surface area contributed by atoms with Crippen molar-refractivity contribution in [1.82, 2.24) is 10.2 Å². The van der Waals surface area contributed by atoms with Gasteiger partial charge in [-0.3, -0.25) is 0 Å². The number of nitrogens with zero attached hydrogens (tertiary/aromatic N) is 1. The van der Waals surface area contributed by atoms with Gasteiger partial charge in [0.15, 0.2) is 11.5 Å². The number of nitrogens with one attached hydrogen (secondary N) is 1. The third kappa shape index (κ3) is 7.34. The number of ether oxygens (including phenoxy) is 2. The third-order valence-electron chi connectivity index (χ3n) is 3.12. The Morgan fingerprint density at radius 3 is 2.57 bits per heavy atom. The minimum Gasteiger partial charge on any atom is -0.493 e. The van der Waals surface area contributed by atoms with Crippen LogP contribution in [0.3, 0.4) is 0 Å². The topological polar surface area (TPSA) is 33.7 Å². The summed E-state index contributed by atoms with van der Waals surface area (Å²) in [7, 11) is 5.82. The normalized spacial score (nSPS) is 11.2. The lowest BCUT2D eigenvalue weighted by atomic mass is 10.2. The lowest BCUT2D eigenvalue weighted by Gasteiger charge is -2.14. The third-order valence-corrected chi connectivity index (χ3v) is 3.12. The van der Waals surface area contributed by atoms with Crippen LogP contribution in [0, 0.1) is 5.92 Å². The molecular weight excluding hydrogens is 264 g/mol. The Hall–Kier alpha value is -1.26. The average molecular weight is 294 g/mol. The van der Waals surface area contributed by atoms with Crippen molar-refractivity contribution in [3.63, 3.8) is 0 Å². The first-order valence-corrected chi connectivity index (χ1v) is 7.68. The number of benzene rings is 1. The van der Waals surface area contributed by atoms with E-state index in [1.165, 1.54) is 5.56 Å². The second kappa shape index (κ2) is 9.64. The van der Waals surface area contributed by atoms with Crippen LogP contribution in [-0.2, 0) is 6.54 Å². The molecule has 0 bridgehead atoms. The van der Waals surface area contributed by atoms with Gasteiger partial charge in [-0.05, 0) is 50.7 Å². The Morgan fingerprint density at radius 1 is 1.19 bits per heavy atom. The van der Waals surface area contributed by atoms with E-state index < -0.39 is 0 Å².